The van der Waals surface area contributed by atoms with Crippen LogP contribution in [0.25, 0.3) is 11.0 Å². The summed E-state index contributed by atoms with van der Waals surface area (Å²) in [5.41, 5.74) is 4.32. The minimum absolute atomic E-state index is 0.0114. The molecule has 2 heterocycles. The summed E-state index contributed by atoms with van der Waals surface area (Å²) in [5, 5.41) is 3.11. The summed E-state index contributed by atoms with van der Waals surface area (Å²) >= 11 is 3.49. The number of rotatable bonds is 4. The third-order valence-electron chi connectivity index (χ3n) is 5.24. The van der Waals surface area contributed by atoms with E-state index in [1.165, 1.54) is 11.1 Å². The highest BCUT2D eigenvalue weighted by atomic mass is 79.9. The van der Waals surface area contributed by atoms with Gasteiger partial charge in [0, 0.05) is 24.1 Å². The molecule has 0 saturated carbocycles. The van der Waals surface area contributed by atoms with Gasteiger partial charge in [0.15, 0.2) is 0 Å². The topological polar surface area (TPSA) is 61.0 Å². The molecule has 0 radical (unpaired) electrons. The number of halogens is 1. The van der Waals surface area contributed by atoms with Crippen molar-refractivity contribution in [1.29, 1.82) is 0 Å². The maximum Gasteiger partial charge on any atom is 0.225 e. The van der Waals surface area contributed by atoms with Crippen LogP contribution in [0.5, 0.6) is 0 Å². The molecule has 1 fully saturated rings. The second-order valence-corrected chi connectivity index (χ2v) is 8.07. The quantitative estimate of drug-likeness (QED) is 0.657. The van der Waals surface area contributed by atoms with Gasteiger partial charge >= 0.3 is 0 Å². The molecule has 27 heavy (non-hydrogen) atoms. The van der Waals surface area contributed by atoms with Gasteiger partial charge in [-0.25, -0.2) is 4.98 Å². The number of nitrogens with zero attached hydrogens (tertiary/aromatic N) is 2. The molecule has 1 aliphatic heterocycles. The molecule has 1 aliphatic rings. The summed E-state index contributed by atoms with van der Waals surface area (Å²) in [6, 6.07) is 14.2. The highest BCUT2D eigenvalue weighted by Gasteiger charge is 2.27. The molecule has 4 rings (SSSR count). The summed E-state index contributed by atoms with van der Waals surface area (Å²) in [6.45, 7) is 4.27. The Labute approximate surface area is 167 Å². The van der Waals surface area contributed by atoms with E-state index in [0.717, 1.165) is 40.8 Å². The van der Waals surface area contributed by atoms with Gasteiger partial charge < -0.3 is 15.2 Å². The number of benzene rings is 2. The number of nitrogens with one attached hydrogen (secondary N) is 2. The van der Waals surface area contributed by atoms with Crippen LogP contribution in [0.1, 0.15) is 24.0 Å². The zero-order chi connectivity index (χ0) is 18.8. The predicted molar refractivity (Wildman–Crippen MR) is 112 cm³/mol. The van der Waals surface area contributed by atoms with E-state index < -0.39 is 0 Å². The lowest BCUT2D eigenvalue weighted by atomic mass is 9.97. The van der Waals surface area contributed by atoms with Crippen LogP contribution in [0.3, 0.4) is 0 Å². The van der Waals surface area contributed by atoms with Crippen LogP contribution in [0.2, 0.25) is 0 Å². The van der Waals surface area contributed by atoms with E-state index in [4.69, 9.17) is 4.98 Å². The van der Waals surface area contributed by atoms with E-state index in [0.29, 0.717) is 13.1 Å². The van der Waals surface area contributed by atoms with Gasteiger partial charge in [0.2, 0.25) is 11.9 Å². The number of H-pyrrole nitrogens is 1. The van der Waals surface area contributed by atoms with Crippen molar-refractivity contribution in [3.8, 4) is 0 Å². The molecule has 3 aromatic rings. The number of fused-ring (bicyclic) bond motifs is 1. The number of aryl methyl sites for hydroxylation is 1. The highest BCUT2D eigenvalue weighted by molar-refractivity contribution is 9.10. The predicted octanol–water partition coefficient (Wildman–Crippen LogP) is 4.17. The van der Waals surface area contributed by atoms with Gasteiger partial charge in [0.1, 0.15) is 0 Å². The van der Waals surface area contributed by atoms with Gasteiger partial charge in [0.05, 0.1) is 17.0 Å². The Morgan fingerprint density at radius 2 is 2.19 bits per heavy atom. The zero-order valence-corrected chi connectivity index (χ0v) is 16.9. The summed E-state index contributed by atoms with van der Waals surface area (Å²) in [6.07, 6.45) is 1.91. The number of amides is 1. The van der Waals surface area contributed by atoms with Crippen LogP contribution in [0.4, 0.5) is 5.95 Å². The lowest BCUT2D eigenvalue weighted by Gasteiger charge is -2.31. The summed E-state index contributed by atoms with van der Waals surface area (Å²) in [4.78, 5) is 23.0. The minimum Gasteiger partial charge on any atom is -0.352 e. The molecule has 140 valence electrons. The first-order chi connectivity index (χ1) is 13.1. The molecular weight excluding hydrogens is 404 g/mol. The van der Waals surface area contributed by atoms with Crippen LogP contribution < -0.4 is 10.2 Å². The number of aromatic amines is 1. The number of hydrogen-bond donors (Lipinski definition) is 2. The van der Waals surface area contributed by atoms with E-state index in [-0.39, 0.29) is 11.8 Å². The average Bonchev–Trinajstić information content (AvgIpc) is 3.10. The maximum atomic E-state index is 12.7. The molecule has 1 amide bonds. The number of aromatic nitrogens is 2. The largest absolute Gasteiger partial charge is 0.352 e. The SMILES string of the molecule is Cc1ccccc1CNC(=O)[C@H]1CCCN(c2nc3ccc(Br)cc3[nH]2)C1. The Kier molecular flexibility index (Phi) is 5.16. The van der Waals surface area contributed by atoms with E-state index in [9.17, 15) is 4.79 Å². The van der Waals surface area contributed by atoms with Gasteiger partial charge in [-0.3, -0.25) is 4.79 Å². The standard InChI is InChI=1S/C21H23BrN4O/c1-14-5-2-3-6-15(14)12-23-20(27)16-7-4-10-26(13-16)21-24-18-9-8-17(22)11-19(18)25-21/h2-3,5-6,8-9,11,16H,4,7,10,12-13H2,1H3,(H,23,27)(H,24,25)/t16-/m0/s1. The minimum atomic E-state index is -0.0114. The van der Waals surface area contributed by atoms with Crippen molar-refractivity contribution in [3.05, 3.63) is 58.1 Å². The third-order valence-corrected chi connectivity index (χ3v) is 5.73. The number of anilines is 1. The van der Waals surface area contributed by atoms with Crippen molar-refractivity contribution in [2.24, 2.45) is 5.92 Å². The van der Waals surface area contributed by atoms with Gasteiger partial charge in [-0.15, -0.1) is 0 Å². The number of imidazole rings is 1. The van der Waals surface area contributed by atoms with Crippen LogP contribution >= 0.6 is 15.9 Å². The average molecular weight is 427 g/mol. The van der Waals surface area contributed by atoms with E-state index in [2.05, 4.69) is 50.2 Å². The monoisotopic (exact) mass is 426 g/mol. The van der Waals surface area contributed by atoms with E-state index in [1.54, 1.807) is 0 Å². The van der Waals surface area contributed by atoms with Crippen LogP contribution in [0.15, 0.2) is 46.9 Å². The zero-order valence-electron chi connectivity index (χ0n) is 15.3. The molecule has 1 aromatic heterocycles. The molecule has 0 unspecified atom stereocenters. The Morgan fingerprint density at radius 3 is 3.04 bits per heavy atom. The third kappa shape index (κ3) is 4.00. The first kappa shape index (κ1) is 18.0. The molecule has 1 saturated heterocycles. The Morgan fingerprint density at radius 1 is 1.33 bits per heavy atom. The van der Waals surface area contributed by atoms with Crippen molar-refractivity contribution < 1.29 is 4.79 Å². The maximum absolute atomic E-state index is 12.7. The Hall–Kier alpha value is -2.34. The summed E-state index contributed by atoms with van der Waals surface area (Å²) in [5.74, 6) is 0.962. The van der Waals surface area contributed by atoms with Gasteiger partial charge in [-0.05, 0) is 49.1 Å². The molecule has 0 aliphatic carbocycles. The van der Waals surface area contributed by atoms with Crippen molar-refractivity contribution in [2.75, 3.05) is 18.0 Å². The lowest BCUT2D eigenvalue weighted by molar-refractivity contribution is -0.125. The first-order valence-corrected chi connectivity index (χ1v) is 10.1. The molecule has 1 atom stereocenters. The molecule has 0 spiro atoms. The summed E-state index contributed by atoms with van der Waals surface area (Å²) < 4.78 is 1.03. The van der Waals surface area contributed by atoms with Gasteiger partial charge in [-0.1, -0.05) is 40.2 Å². The van der Waals surface area contributed by atoms with Crippen molar-refractivity contribution in [1.82, 2.24) is 15.3 Å². The van der Waals surface area contributed by atoms with Gasteiger partial charge in [-0.2, -0.15) is 0 Å². The summed E-state index contributed by atoms with van der Waals surface area (Å²) in [7, 11) is 0. The number of carbonyl (C=O) groups excluding carboxylic acids is 1. The fourth-order valence-corrected chi connectivity index (χ4v) is 4.00. The molecular formula is C21H23BrN4O. The van der Waals surface area contributed by atoms with Crippen LogP contribution in [-0.2, 0) is 11.3 Å². The van der Waals surface area contributed by atoms with Gasteiger partial charge in [0.25, 0.3) is 0 Å². The number of piperidine rings is 1. The smallest absolute Gasteiger partial charge is 0.225 e. The molecule has 5 nitrogen and oxygen atoms in total. The molecule has 2 N–H and O–H groups in total. The van der Waals surface area contributed by atoms with Crippen molar-refractivity contribution in [2.45, 2.75) is 26.3 Å². The number of carbonyl (C=O) groups is 1. The fraction of sp³-hybridized carbons (Fsp3) is 0.333. The molecule has 2 aromatic carbocycles. The Bertz CT molecular complexity index is 968. The fourth-order valence-electron chi connectivity index (χ4n) is 3.64. The number of hydrogen-bond acceptors (Lipinski definition) is 3. The van der Waals surface area contributed by atoms with Crippen LogP contribution in [-0.4, -0.2) is 29.0 Å². The second-order valence-electron chi connectivity index (χ2n) is 7.15. The lowest BCUT2D eigenvalue weighted by Crippen LogP contribution is -2.43. The van der Waals surface area contributed by atoms with Crippen molar-refractivity contribution >= 4 is 38.8 Å². The molecule has 6 heteroatoms. The van der Waals surface area contributed by atoms with E-state index in [1.807, 2.05) is 30.3 Å². The normalized spacial score (nSPS) is 17.3. The van der Waals surface area contributed by atoms with E-state index >= 15 is 0 Å². The second kappa shape index (κ2) is 7.72. The van der Waals surface area contributed by atoms with Crippen LogP contribution in [0, 0.1) is 12.8 Å². The molecule has 0 bridgehead atoms. The Balaban J connectivity index is 1.42. The first-order valence-electron chi connectivity index (χ1n) is 9.32. The highest BCUT2D eigenvalue weighted by Crippen LogP contribution is 2.25. The van der Waals surface area contributed by atoms with Crippen molar-refractivity contribution in [3.63, 3.8) is 0 Å².